The number of nitrogens with zero attached hydrogens (tertiary/aromatic N) is 1. The molecule has 1 aromatic heterocycles. The van der Waals surface area contributed by atoms with E-state index in [-0.39, 0.29) is 5.59 Å². The van der Waals surface area contributed by atoms with E-state index in [9.17, 15) is 23.3 Å². The van der Waals surface area contributed by atoms with Crippen molar-refractivity contribution in [2.75, 3.05) is 0 Å². The van der Waals surface area contributed by atoms with Gasteiger partial charge in [-0.1, -0.05) is 0 Å². The second-order valence-electron chi connectivity index (χ2n) is 5.51. The van der Waals surface area contributed by atoms with Gasteiger partial charge in [0.25, 0.3) is 0 Å². The normalized spacial score (nSPS) is 13.4. The Balaban J connectivity index is 2.87. The van der Waals surface area contributed by atoms with Crippen LogP contribution in [0.5, 0.6) is 0 Å². The summed E-state index contributed by atoms with van der Waals surface area (Å²) in [5.41, 5.74) is -3.33. The fraction of sp³-hybridized carbons (Fsp3) is 0.583. The summed E-state index contributed by atoms with van der Waals surface area (Å²) in [6.07, 6.45) is -3.86. The Morgan fingerprint density at radius 3 is 2.05 bits per heavy atom. The van der Waals surface area contributed by atoms with Gasteiger partial charge in [-0.25, -0.2) is 0 Å². The zero-order valence-electron chi connectivity index (χ0n) is 11.7. The van der Waals surface area contributed by atoms with Gasteiger partial charge in [-0.2, -0.15) is 13.2 Å². The molecule has 0 saturated carbocycles. The number of pyridine rings is 1. The molecular formula is C12H17BF3NO3. The second-order valence-corrected chi connectivity index (χ2v) is 5.51. The summed E-state index contributed by atoms with van der Waals surface area (Å²) in [6, 6.07) is 1.85. The Labute approximate surface area is 115 Å². The van der Waals surface area contributed by atoms with E-state index < -0.39 is 30.1 Å². The second kappa shape index (κ2) is 5.35. The summed E-state index contributed by atoms with van der Waals surface area (Å²) >= 11 is 0. The topological polar surface area (TPSA) is 62.6 Å². The van der Waals surface area contributed by atoms with Gasteiger partial charge in [-0.05, 0) is 39.8 Å². The standard InChI is InChI=1S/C12H17BF3NO3/c1-10(2,18)11(3,4)20-13(19)9-6-5-8(7-17-9)12(14,15)16/h5-7,18-19H,1-4H3. The molecule has 0 bridgehead atoms. The number of hydrogen-bond donors (Lipinski definition) is 2. The summed E-state index contributed by atoms with van der Waals surface area (Å²) in [5, 5.41) is 19.7. The molecule has 0 aliphatic rings. The molecule has 0 amide bonds. The molecule has 0 aliphatic carbocycles. The highest BCUT2D eigenvalue weighted by Gasteiger charge is 2.40. The maximum atomic E-state index is 12.4. The highest BCUT2D eigenvalue weighted by atomic mass is 19.4. The van der Waals surface area contributed by atoms with E-state index in [0.717, 1.165) is 12.1 Å². The van der Waals surface area contributed by atoms with Gasteiger partial charge in [-0.15, -0.1) is 0 Å². The van der Waals surface area contributed by atoms with Crippen molar-refractivity contribution < 1.29 is 28.0 Å². The van der Waals surface area contributed by atoms with Crippen LogP contribution in [0.1, 0.15) is 33.3 Å². The maximum absolute atomic E-state index is 12.4. The van der Waals surface area contributed by atoms with Gasteiger partial charge in [0.15, 0.2) is 0 Å². The number of aliphatic hydroxyl groups is 1. The van der Waals surface area contributed by atoms with Gasteiger partial charge in [-0.3, -0.25) is 4.98 Å². The summed E-state index contributed by atoms with van der Waals surface area (Å²) < 4.78 is 42.4. The molecule has 0 radical (unpaired) electrons. The van der Waals surface area contributed by atoms with Gasteiger partial charge < -0.3 is 14.8 Å². The van der Waals surface area contributed by atoms with Crippen molar-refractivity contribution in [2.24, 2.45) is 0 Å². The van der Waals surface area contributed by atoms with Gasteiger partial charge in [0.05, 0.1) is 22.4 Å². The molecule has 0 atom stereocenters. The fourth-order valence-electron chi connectivity index (χ4n) is 1.20. The monoisotopic (exact) mass is 291 g/mol. The van der Waals surface area contributed by atoms with E-state index in [1.54, 1.807) is 13.8 Å². The Morgan fingerprint density at radius 2 is 1.70 bits per heavy atom. The average molecular weight is 291 g/mol. The number of halogens is 3. The van der Waals surface area contributed by atoms with Crippen molar-refractivity contribution >= 4 is 12.7 Å². The molecule has 112 valence electrons. The van der Waals surface area contributed by atoms with Crippen molar-refractivity contribution in [2.45, 2.75) is 45.1 Å². The molecule has 0 spiro atoms. The summed E-state index contributed by atoms with van der Waals surface area (Å²) in [5.74, 6) is 0. The third-order valence-electron chi connectivity index (χ3n) is 3.25. The highest BCUT2D eigenvalue weighted by molar-refractivity contribution is 6.59. The van der Waals surface area contributed by atoms with Gasteiger partial charge in [0.1, 0.15) is 0 Å². The third-order valence-corrected chi connectivity index (χ3v) is 3.25. The minimum absolute atomic E-state index is 0.0599. The van der Waals surface area contributed by atoms with E-state index in [2.05, 4.69) is 4.98 Å². The molecule has 4 nitrogen and oxygen atoms in total. The van der Waals surface area contributed by atoms with E-state index in [1.165, 1.54) is 13.8 Å². The summed E-state index contributed by atoms with van der Waals surface area (Å²) in [4.78, 5) is 3.53. The predicted octanol–water partition coefficient (Wildman–Crippen LogP) is 1.35. The van der Waals surface area contributed by atoms with Crippen molar-refractivity contribution in [3.05, 3.63) is 23.9 Å². The number of rotatable bonds is 4. The van der Waals surface area contributed by atoms with Crippen molar-refractivity contribution in [1.82, 2.24) is 4.98 Å². The average Bonchev–Trinajstić information content (AvgIpc) is 2.26. The van der Waals surface area contributed by atoms with Crippen LogP contribution in [0.25, 0.3) is 0 Å². The largest absolute Gasteiger partial charge is 0.511 e. The first-order chi connectivity index (χ1) is 8.84. The highest BCUT2D eigenvalue weighted by Crippen LogP contribution is 2.28. The lowest BCUT2D eigenvalue weighted by Crippen LogP contribution is -2.53. The molecule has 2 N–H and O–H groups in total. The first-order valence-corrected chi connectivity index (χ1v) is 5.96. The number of aromatic nitrogens is 1. The molecule has 20 heavy (non-hydrogen) atoms. The third kappa shape index (κ3) is 3.94. The summed E-state index contributed by atoms with van der Waals surface area (Å²) in [6.45, 7) is 6.11. The van der Waals surface area contributed by atoms with Crippen molar-refractivity contribution in [3.63, 3.8) is 0 Å². The Bertz CT molecular complexity index is 455. The molecule has 0 aromatic carbocycles. The van der Waals surface area contributed by atoms with Crippen LogP contribution in [0.2, 0.25) is 0 Å². The minimum atomic E-state index is -4.48. The van der Waals surface area contributed by atoms with Crippen LogP contribution in [-0.4, -0.2) is 33.4 Å². The van der Waals surface area contributed by atoms with Crippen LogP contribution >= 0.6 is 0 Å². The Morgan fingerprint density at radius 1 is 1.15 bits per heavy atom. The lowest BCUT2D eigenvalue weighted by atomic mass is 9.80. The van der Waals surface area contributed by atoms with E-state index >= 15 is 0 Å². The lowest BCUT2D eigenvalue weighted by Gasteiger charge is -2.38. The zero-order valence-corrected chi connectivity index (χ0v) is 11.7. The van der Waals surface area contributed by atoms with Gasteiger partial charge >= 0.3 is 13.3 Å². The predicted molar refractivity (Wildman–Crippen MR) is 68.3 cm³/mol. The SMILES string of the molecule is CC(C)(O)C(C)(C)OB(O)c1ccc(C(F)(F)F)cn1. The molecule has 1 rings (SSSR count). The quantitative estimate of drug-likeness (QED) is 0.822. The Kier molecular flexibility index (Phi) is 4.53. The van der Waals surface area contributed by atoms with Crippen molar-refractivity contribution in [1.29, 1.82) is 0 Å². The van der Waals surface area contributed by atoms with Gasteiger partial charge in [0, 0.05) is 6.20 Å². The molecule has 0 aliphatic heterocycles. The number of alkyl halides is 3. The molecule has 0 saturated heterocycles. The zero-order chi connectivity index (χ0) is 15.8. The van der Waals surface area contributed by atoms with E-state index in [4.69, 9.17) is 4.65 Å². The van der Waals surface area contributed by atoms with Crippen LogP contribution in [0.3, 0.4) is 0 Å². The van der Waals surface area contributed by atoms with Crippen LogP contribution in [0.15, 0.2) is 18.3 Å². The van der Waals surface area contributed by atoms with Gasteiger partial charge in [0.2, 0.25) is 0 Å². The first-order valence-electron chi connectivity index (χ1n) is 5.96. The summed E-state index contributed by atoms with van der Waals surface area (Å²) in [7, 11) is -1.53. The number of hydrogen-bond acceptors (Lipinski definition) is 4. The van der Waals surface area contributed by atoms with Crippen molar-refractivity contribution in [3.8, 4) is 0 Å². The lowest BCUT2D eigenvalue weighted by molar-refractivity contribution is -0.137. The Hall–Kier alpha value is -1.12. The minimum Gasteiger partial charge on any atom is -0.422 e. The van der Waals surface area contributed by atoms with E-state index in [0.29, 0.717) is 6.20 Å². The van der Waals surface area contributed by atoms with Crippen LogP contribution in [0, 0.1) is 0 Å². The molecule has 8 heteroatoms. The molecular weight excluding hydrogens is 274 g/mol. The van der Waals surface area contributed by atoms with Crippen LogP contribution in [-0.2, 0) is 10.8 Å². The molecule has 0 fully saturated rings. The molecule has 1 aromatic rings. The smallest absolute Gasteiger partial charge is 0.422 e. The van der Waals surface area contributed by atoms with Crippen LogP contribution < -0.4 is 5.59 Å². The fourth-order valence-corrected chi connectivity index (χ4v) is 1.20. The van der Waals surface area contributed by atoms with E-state index in [1.807, 2.05) is 0 Å². The molecule has 1 heterocycles. The first kappa shape index (κ1) is 16.9. The molecule has 0 unspecified atom stereocenters. The van der Waals surface area contributed by atoms with Crippen LogP contribution in [0.4, 0.5) is 13.2 Å². The maximum Gasteiger partial charge on any atom is 0.511 e.